The van der Waals surface area contributed by atoms with Gasteiger partial charge in [-0.3, -0.25) is 9.59 Å². The average molecular weight is 283 g/mol. The van der Waals surface area contributed by atoms with Crippen LogP contribution in [0, 0.1) is 5.82 Å². The van der Waals surface area contributed by atoms with Crippen LogP contribution in [-0.4, -0.2) is 41.6 Å². The Labute approximate surface area is 117 Å². The van der Waals surface area contributed by atoms with Crippen LogP contribution in [0.15, 0.2) is 18.2 Å². The summed E-state index contributed by atoms with van der Waals surface area (Å²) >= 11 is 0. The van der Waals surface area contributed by atoms with Crippen molar-refractivity contribution in [1.29, 1.82) is 0 Å². The third-order valence-electron chi connectivity index (χ3n) is 3.08. The van der Waals surface area contributed by atoms with E-state index in [4.69, 9.17) is 9.84 Å². The summed E-state index contributed by atoms with van der Waals surface area (Å²) in [6.45, 7) is 3.15. The van der Waals surface area contributed by atoms with Crippen molar-refractivity contribution in [3.63, 3.8) is 0 Å². The Hall–Kier alpha value is -2.11. The zero-order valence-corrected chi connectivity index (χ0v) is 11.7. The van der Waals surface area contributed by atoms with Gasteiger partial charge in [-0.1, -0.05) is 6.92 Å². The van der Waals surface area contributed by atoms with Crippen LogP contribution in [0.25, 0.3) is 0 Å². The Bertz CT molecular complexity index is 504. The molecule has 0 radical (unpaired) electrons. The zero-order valence-electron chi connectivity index (χ0n) is 11.7. The van der Waals surface area contributed by atoms with E-state index >= 15 is 0 Å². The van der Waals surface area contributed by atoms with Gasteiger partial charge in [-0.15, -0.1) is 0 Å². The highest BCUT2D eigenvalue weighted by Gasteiger charge is 2.25. The van der Waals surface area contributed by atoms with Crippen LogP contribution in [0.1, 0.15) is 30.6 Å². The summed E-state index contributed by atoms with van der Waals surface area (Å²) in [4.78, 5) is 24.5. The summed E-state index contributed by atoms with van der Waals surface area (Å²) in [6, 6.07) is 3.31. The molecule has 0 bridgehead atoms. The van der Waals surface area contributed by atoms with Crippen LogP contribution in [0.3, 0.4) is 0 Å². The molecule has 0 spiro atoms. The number of benzene rings is 1. The van der Waals surface area contributed by atoms with Crippen LogP contribution >= 0.6 is 0 Å². The molecule has 0 saturated heterocycles. The van der Waals surface area contributed by atoms with Crippen molar-refractivity contribution < 1.29 is 23.8 Å². The van der Waals surface area contributed by atoms with Gasteiger partial charge < -0.3 is 14.7 Å². The molecule has 1 N–H and O–H groups in total. The van der Waals surface area contributed by atoms with Crippen molar-refractivity contribution >= 4 is 11.9 Å². The molecule has 6 heteroatoms. The Balaban J connectivity index is 3.17. The number of carbonyl (C=O) groups is 2. The number of nitrogens with zero attached hydrogens (tertiary/aromatic N) is 1. The normalized spacial score (nSPS) is 11.8. The molecule has 1 rings (SSSR count). The van der Waals surface area contributed by atoms with Crippen LogP contribution < -0.4 is 4.74 Å². The van der Waals surface area contributed by atoms with Crippen molar-refractivity contribution in [3.8, 4) is 5.75 Å². The third kappa shape index (κ3) is 3.69. The predicted octanol–water partition coefficient (Wildman–Crippen LogP) is 2.16. The number of carboxylic acid groups (broad SMARTS) is 1. The number of carbonyl (C=O) groups excluding carboxylic acids is 1. The summed E-state index contributed by atoms with van der Waals surface area (Å²) in [5, 5.41) is 8.91. The minimum atomic E-state index is -1.12. The van der Waals surface area contributed by atoms with E-state index in [0.717, 1.165) is 6.07 Å². The molecule has 1 aromatic rings. The molecule has 1 atom stereocenters. The van der Waals surface area contributed by atoms with Crippen molar-refractivity contribution in [2.45, 2.75) is 26.3 Å². The van der Waals surface area contributed by atoms with E-state index in [0.29, 0.717) is 6.42 Å². The Morgan fingerprint density at radius 1 is 1.45 bits per heavy atom. The van der Waals surface area contributed by atoms with Gasteiger partial charge in [0.05, 0.1) is 12.7 Å². The smallest absolute Gasteiger partial charge is 0.323 e. The molecular weight excluding hydrogens is 265 g/mol. The van der Waals surface area contributed by atoms with E-state index in [9.17, 15) is 14.0 Å². The van der Waals surface area contributed by atoms with Crippen molar-refractivity contribution in [1.82, 2.24) is 4.90 Å². The van der Waals surface area contributed by atoms with E-state index in [2.05, 4.69) is 0 Å². The number of halogens is 1. The van der Waals surface area contributed by atoms with Crippen LogP contribution in [0.5, 0.6) is 5.75 Å². The first kappa shape index (κ1) is 15.9. The second-order valence-corrected chi connectivity index (χ2v) is 4.43. The first-order chi connectivity index (χ1) is 9.40. The largest absolute Gasteiger partial charge is 0.496 e. The molecular formula is C14H18FNO4. The minimum absolute atomic E-state index is 0.0223. The van der Waals surface area contributed by atoms with Crippen LogP contribution in [0.2, 0.25) is 0 Å². The second kappa shape index (κ2) is 6.88. The molecule has 0 aliphatic heterocycles. The average Bonchev–Trinajstić information content (AvgIpc) is 2.42. The zero-order chi connectivity index (χ0) is 15.3. The Morgan fingerprint density at radius 3 is 2.60 bits per heavy atom. The maximum Gasteiger partial charge on any atom is 0.323 e. The summed E-state index contributed by atoms with van der Waals surface area (Å²) < 4.78 is 18.3. The monoisotopic (exact) mass is 283 g/mol. The lowest BCUT2D eigenvalue weighted by Crippen LogP contribution is -2.42. The fourth-order valence-corrected chi connectivity index (χ4v) is 1.80. The first-order valence-electron chi connectivity index (χ1n) is 6.27. The Kier molecular flexibility index (Phi) is 5.49. The molecule has 5 nitrogen and oxygen atoms in total. The molecule has 0 saturated carbocycles. The molecule has 20 heavy (non-hydrogen) atoms. The van der Waals surface area contributed by atoms with Gasteiger partial charge in [-0.05, 0) is 31.5 Å². The minimum Gasteiger partial charge on any atom is -0.496 e. The van der Waals surface area contributed by atoms with E-state index in [1.54, 1.807) is 6.92 Å². The molecule has 0 heterocycles. The molecule has 110 valence electrons. The van der Waals surface area contributed by atoms with Crippen molar-refractivity contribution in [2.75, 3.05) is 13.7 Å². The SMILES string of the molecule is CCC(C)N(CC(=O)O)C(=O)c1cc(F)ccc1OC. The molecule has 1 unspecified atom stereocenters. The summed E-state index contributed by atoms with van der Waals surface area (Å²) in [5.41, 5.74) is 0.0223. The summed E-state index contributed by atoms with van der Waals surface area (Å²) in [6.07, 6.45) is 0.594. The van der Waals surface area contributed by atoms with Crippen molar-refractivity contribution in [2.24, 2.45) is 0 Å². The molecule has 1 amide bonds. The lowest BCUT2D eigenvalue weighted by Gasteiger charge is -2.27. The highest BCUT2D eigenvalue weighted by Crippen LogP contribution is 2.22. The lowest BCUT2D eigenvalue weighted by molar-refractivity contribution is -0.138. The van der Waals surface area contributed by atoms with Gasteiger partial charge >= 0.3 is 5.97 Å². The molecule has 0 aromatic heterocycles. The number of aliphatic carboxylic acids is 1. The molecule has 0 fully saturated rings. The number of rotatable bonds is 6. The first-order valence-corrected chi connectivity index (χ1v) is 6.27. The maximum absolute atomic E-state index is 13.3. The topological polar surface area (TPSA) is 66.8 Å². The van der Waals surface area contributed by atoms with Gasteiger partial charge in [0.15, 0.2) is 0 Å². The summed E-state index contributed by atoms with van der Waals surface area (Å²) in [5.74, 6) is -2.03. The number of amides is 1. The number of ether oxygens (including phenoxy) is 1. The number of hydrogen-bond donors (Lipinski definition) is 1. The quantitative estimate of drug-likeness (QED) is 0.868. The second-order valence-electron chi connectivity index (χ2n) is 4.43. The van der Waals surface area contributed by atoms with Gasteiger partial charge in [-0.2, -0.15) is 0 Å². The maximum atomic E-state index is 13.3. The number of hydrogen-bond acceptors (Lipinski definition) is 3. The lowest BCUT2D eigenvalue weighted by atomic mass is 10.1. The molecule has 0 aliphatic rings. The highest BCUT2D eigenvalue weighted by molar-refractivity contribution is 5.98. The third-order valence-corrected chi connectivity index (χ3v) is 3.08. The molecule has 0 aliphatic carbocycles. The van der Waals surface area contributed by atoms with Crippen LogP contribution in [0.4, 0.5) is 4.39 Å². The summed E-state index contributed by atoms with van der Waals surface area (Å²) in [7, 11) is 1.37. The van der Waals surface area contributed by atoms with Crippen LogP contribution in [-0.2, 0) is 4.79 Å². The van der Waals surface area contributed by atoms with E-state index < -0.39 is 24.2 Å². The van der Waals surface area contributed by atoms with E-state index in [1.807, 2.05) is 6.92 Å². The van der Waals surface area contributed by atoms with Crippen molar-refractivity contribution in [3.05, 3.63) is 29.6 Å². The fourth-order valence-electron chi connectivity index (χ4n) is 1.80. The molecule has 1 aromatic carbocycles. The van der Waals surface area contributed by atoms with Gasteiger partial charge in [0.2, 0.25) is 0 Å². The van der Waals surface area contributed by atoms with E-state index in [-0.39, 0.29) is 17.4 Å². The number of carboxylic acids is 1. The van der Waals surface area contributed by atoms with Gasteiger partial charge in [0, 0.05) is 6.04 Å². The Morgan fingerprint density at radius 2 is 2.10 bits per heavy atom. The fraction of sp³-hybridized carbons (Fsp3) is 0.429. The standard InChI is InChI=1S/C14H18FNO4/c1-4-9(2)16(8-13(17)18)14(19)11-7-10(15)5-6-12(11)20-3/h5-7,9H,4,8H2,1-3H3,(H,17,18). The van der Waals surface area contributed by atoms with Gasteiger partial charge in [-0.25, -0.2) is 4.39 Å². The number of methoxy groups -OCH3 is 1. The van der Waals surface area contributed by atoms with Gasteiger partial charge in [0.1, 0.15) is 18.1 Å². The van der Waals surface area contributed by atoms with Gasteiger partial charge in [0.25, 0.3) is 5.91 Å². The van der Waals surface area contributed by atoms with E-state index in [1.165, 1.54) is 24.1 Å². The predicted molar refractivity (Wildman–Crippen MR) is 71.4 cm³/mol. The highest BCUT2D eigenvalue weighted by atomic mass is 19.1.